The fourth-order valence-corrected chi connectivity index (χ4v) is 1.95. The second-order valence-electron chi connectivity index (χ2n) is 5.18. The maximum Gasteiger partial charge on any atom is 0.259 e. The van der Waals surface area contributed by atoms with Gasteiger partial charge in [0.1, 0.15) is 11.6 Å². The Balaban J connectivity index is 0.00000176. The molecule has 22 heavy (non-hydrogen) atoms. The SMILES string of the molecule is Cl.Nc1ccc(NC(=O)c2ccccc2OCC2CC2)cn1. The maximum atomic E-state index is 12.3. The van der Waals surface area contributed by atoms with E-state index < -0.39 is 0 Å². The summed E-state index contributed by atoms with van der Waals surface area (Å²) in [6.45, 7) is 0.674. The number of carbonyl (C=O) groups is 1. The van der Waals surface area contributed by atoms with Gasteiger partial charge in [0.15, 0.2) is 0 Å². The van der Waals surface area contributed by atoms with E-state index in [1.54, 1.807) is 18.2 Å². The predicted molar refractivity (Wildman–Crippen MR) is 88.5 cm³/mol. The summed E-state index contributed by atoms with van der Waals surface area (Å²) in [4.78, 5) is 16.3. The fraction of sp³-hybridized carbons (Fsp3) is 0.250. The van der Waals surface area contributed by atoms with Crippen molar-refractivity contribution in [3.63, 3.8) is 0 Å². The molecule has 0 radical (unpaired) electrons. The van der Waals surface area contributed by atoms with E-state index in [0.29, 0.717) is 35.3 Å². The number of nitrogens with zero attached hydrogens (tertiary/aromatic N) is 1. The number of pyridine rings is 1. The van der Waals surface area contributed by atoms with E-state index in [1.807, 2.05) is 18.2 Å². The number of carbonyl (C=O) groups excluding carboxylic acids is 1. The van der Waals surface area contributed by atoms with E-state index in [-0.39, 0.29) is 18.3 Å². The van der Waals surface area contributed by atoms with E-state index in [0.717, 1.165) is 0 Å². The molecule has 1 aromatic heterocycles. The average molecular weight is 320 g/mol. The molecule has 1 aliphatic carbocycles. The van der Waals surface area contributed by atoms with Gasteiger partial charge in [-0.3, -0.25) is 4.79 Å². The van der Waals surface area contributed by atoms with Crippen LogP contribution in [0.4, 0.5) is 11.5 Å². The number of benzene rings is 1. The average Bonchev–Trinajstić information content (AvgIpc) is 3.32. The van der Waals surface area contributed by atoms with Gasteiger partial charge in [-0.1, -0.05) is 12.1 Å². The molecule has 1 amide bonds. The fourth-order valence-electron chi connectivity index (χ4n) is 1.95. The van der Waals surface area contributed by atoms with E-state index in [4.69, 9.17) is 10.5 Å². The monoisotopic (exact) mass is 319 g/mol. The summed E-state index contributed by atoms with van der Waals surface area (Å²) in [6.07, 6.45) is 3.96. The van der Waals surface area contributed by atoms with Gasteiger partial charge in [-0.05, 0) is 43.0 Å². The van der Waals surface area contributed by atoms with Gasteiger partial charge in [-0.25, -0.2) is 4.98 Å². The summed E-state index contributed by atoms with van der Waals surface area (Å²) >= 11 is 0. The van der Waals surface area contributed by atoms with Crippen LogP contribution >= 0.6 is 12.4 Å². The van der Waals surface area contributed by atoms with Crippen LogP contribution in [0.5, 0.6) is 5.75 Å². The molecule has 0 bridgehead atoms. The van der Waals surface area contributed by atoms with E-state index in [9.17, 15) is 4.79 Å². The van der Waals surface area contributed by atoms with Crippen molar-refractivity contribution < 1.29 is 9.53 Å². The zero-order valence-electron chi connectivity index (χ0n) is 12.0. The summed E-state index contributed by atoms with van der Waals surface area (Å²) in [5.74, 6) is 1.46. The van der Waals surface area contributed by atoms with Crippen LogP contribution in [0.25, 0.3) is 0 Å². The Morgan fingerprint density at radius 1 is 1.27 bits per heavy atom. The maximum absolute atomic E-state index is 12.3. The molecule has 0 saturated heterocycles. The number of anilines is 2. The van der Waals surface area contributed by atoms with Crippen LogP contribution in [-0.4, -0.2) is 17.5 Å². The molecule has 1 aromatic carbocycles. The molecule has 1 saturated carbocycles. The summed E-state index contributed by atoms with van der Waals surface area (Å²) in [6, 6.07) is 10.6. The molecule has 5 nitrogen and oxygen atoms in total. The number of hydrogen-bond acceptors (Lipinski definition) is 4. The highest BCUT2D eigenvalue weighted by atomic mass is 35.5. The molecule has 0 aliphatic heterocycles. The van der Waals surface area contributed by atoms with Crippen LogP contribution in [0.15, 0.2) is 42.6 Å². The van der Waals surface area contributed by atoms with Crippen LogP contribution in [-0.2, 0) is 0 Å². The van der Waals surface area contributed by atoms with Gasteiger partial charge in [0.2, 0.25) is 0 Å². The summed E-state index contributed by atoms with van der Waals surface area (Å²) in [7, 11) is 0. The van der Waals surface area contributed by atoms with Gasteiger partial charge in [0.05, 0.1) is 24.1 Å². The Bertz CT molecular complexity index is 642. The summed E-state index contributed by atoms with van der Waals surface area (Å²) in [5.41, 5.74) is 6.65. The second-order valence-corrected chi connectivity index (χ2v) is 5.18. The lowest BCUT2D eigenvalue weighted by Crippen LogP contribution is -2.14. The van der Waals surface area contributed by atoms with Crippen molar-refractivity contribution in [2.75, 3.05) is 17.7 Å². The quantitative estimate of drug-likeness (QED) is 0.887. The number of nitrogen functional groups attached to an aromatic ring is 1. The Hall–Kier alpha value is -2.27. The molecule has 1 aliphatic rings. The molecule has 2 aromatic rings. The van der Waals surface area contributed by atoms with Gasteiger partial charge in [0, 0.05) is 0 Å². The standard InChI is InChI=1S/C16H17N3O2.ClH/c17-15-8-7-12(9-18-15)19-16(20)13-3-1-2-4-14(13)21-10-11-5-6-11;/h1-4,7-9,11H,5-6,10H2,(H2,17,18)(H,19,20);1H. The lowest BCUT2D eigenvalue weighted by atomic mass is 10.2. The summed E-state index contributed by atoms with van der Waals surface area (Å²) < 4.78 is 5.74. The highest BCUT2D eigenvalue weighted by Crippen LogP contribution is 2.30. The normalized spacial score (nSPS) is 13.1. The number of amides is 1. The van der Waals surface area contributed by atoms with E-state index >= 15 is 0 Å². The predicted octanol–water partition coefficient (Wildman–Crippen LogP) is 3.13. The summed E-state index contributed by atoms with van der Waals surface area (Å²) in [5, 5.41) is 2.79. The van der Waals surface area contributed by atoms with Crippen molar-refractivity contribution in [2.24, 2.45) is 5.92 Å². The number of hydrogen-bond donors (Lipinski definition) is 2. The van der Waals surface area contributed by atoms with Gasteiger partial charge in [0.25, 0.3) is 5.91 Å². The van der Waals surface area contributed by atoms with E-state index in [1.165, 1.54) is 19.0 Å². The molecular formula is C16H18ClN3O2. The molecule has 116 valence electrons. The van der Waals surface area contributed by atoms with Crippen LogP contribution in [0.2, 0.25) is 0 Å². The number of nitrogens with two attached hydrogens (primary N) is 1. The van der Waals surface area contributed by atoms with Crippen molar-refractivity contribution in [1.82, 2.24) is 4.98 Å². The Kier molecular flexibility index (Phi) is 5.22. The van der Waals surface area contributed by atoms with Crippen molar-refractivity contribution in [1.29, 1.82) is 0 Å². The smallest absolute Gasteiger partial charge is 0.259 e. The van der Waals surface area contributed by atoms with Gasteiger partial charge in [-0.15, -0.1) is 12.4 Å². The first-order chi connectivity index (χ1) is 10.2. The Morgan fingerprint density at radius 3 is 2.73 bits per heavy atom. The number of rotatable bonds is 5. The second kappa shape index (κ2) is 7.13. The number of halogens is 1. The van der Waals surface area contributed by atoms with Gasteiger partial charge in [-0.2, -0.15) is 0 Å². The van der Waals surface area contributed by atoms with Crippen molar-refractivity contribution in [3.8, 4) is 5.75 Å². The minimum absolute atomic E-state index is 0. The zero-order valence-corrected chi connectivity index (χ0v) is 12.8. The highest BCUT2D eigenvalue weighted by molar-refractivity contribution is 6.06. The first-order valence-electron chi connectivity index (χ1n) is 6.97. The lowest BCUT2D eigenvalue weighted by molar-refractivity contribution is 0.102. The third-order valence-electron chi connectivity index (χ3n) is 3.35. The Morgan fingerprint density at radius 2 is 2.05 bits per heavy atom. The number of aromatic nitrogens is 1. The minimum Gasteiger partial charge on any atom is -0.492 e. The number of ether oxygens (including phenoxy) is 1. The Labute approximate surface area is 135 Å². The topological polar surface area (TPSA) is 77.2 Å². The molecule has 3 rings (SSSR count). The highest BCUT2D eigenvalue weighted by Gasteiger charge is 2.23. The van der Waals surface area contributed by atoms with Crippen molar-refractivity contribution >= 4 is 29.8 Å². The van der Waals surface area contributed by atoms with Crippen molar-refractivity contribution in [3.05, 3.63) is 48.2 Å². The zero-order chi connectivity index (χ0) is 14.7. The molecular weight excluding hydrogens is 302 g/mol. The van der Waals surface area contributed by atoms with Gasteiger partial charge >= 0.3 is 0 Å². The van der Waals surface area contributed by atoms with Crippen LogP contribution < -0.4 is 15.8 Å². The molecule has 0 spiro atoms. The third kappa shape index (κ3) is 4.11. The van der Waals surface area contributed by atoms with Crippen LogP contribution in [0.1, 0.15) is 23.2 Å². The van der Waals surface area contributed by atoms with Crippen molar-refractivity contribution in [2.45, 2.75) is 12.8 Å². The molecule has 1 fully saturated rings. The number of nitrogens with one attached hydrogen (secondary N) is 1. The number of para-hydroxylation sites is 1. The minimum atomic E-state index is -0.215. The molecule has 0 atom stereocenters. The first-order valence-corrected chi connectivity index (χ1v) is 6.97. The van der Waals surface area contributed by atoms with Crippen LogP contribution in [0, 0.1) is 5.92 Å². The van der Waals surface area contributed by atoms with Gasteiger partial charge < -0.3 is 15.8 Å². The third-order valence-corrected chi connectivity index (χ3v) is 3.35. The van der Waals surface area contributed by atoms with Crippen LogP contribution in [0.3, 0.4) is 0 Å². The lowest BCUT2D eigenvalue weighted by Gasteiger charge is -2.11. The first kappa shape index (κ1) is 16.1. The molecule has 1 heterocycles. The largest absolute Gasteiger partial charge is 0.492 e. The van der Waals surface area contributed by atoms with E-state index in [2.05, 4.69) is 10.3 Å². The molecule has 6 heteroatoms. The molecule has 0 unspecified atom stereocenters. The molecule has 3 N–H and O–H groups in total.